The van der Waals surface area contributed by atoms with E-state index >= 15 is 0 Å². The molecule has 32 heavy (non-hydrogen) atoms. The summed E-state index contributed by atoms with van der Waals surface area (Å²) in [6.07, 6.45) is 2.21. The van der Waals surface area contributed by atoms with Crippen LogP contribution in [0.4, 0.5) is 0 Å². The quantitative estimate of drug-likeness (QED) is 0.300. The van der Waals surface area contributed by atoms with Gasteiger partial charge in [-0.15, -0.1) is 0 Å². The molecule has 2 unspecified atom stereocenters. The van der Waals surface area contributed by atoms with Gasteiger partial charge >= 0.3 is 0 Å². The average molecular weight is 439 g/mol. The van der Waals surface area contributed by atoms with Gasteiger partial charge in [-0.2, -0.15) is 0 Å². The summed E-state index contributed by atoms with van der Waals surface area (Å²) < 4.78 is 11.2. The molecule has 3 aromatic rings. The fourth-order valence-corrected chi connectivity index (χ4v) is 2.87. The second-order valence-electron chi connectivity index (χ2n) is 7.31. The molecule has 0 aliphatic carbocycles. The maximum Gasteiger partial charge on any atom is 0.119 e. The molecule has 0 bridgehead atoms. The summed E-state index contributed by atoms with van der Waals surface area (Å²) in [6.45, 7) is 2.35. The predicted octanol–water partition coefficient (Wildman–Crippen LogP) is 1.54. The minimum absolute atomic E-state index is 0.177. The van der Waals surface area contributed by atoms with Crippen molar-refractivity contribution in [2.75, 3.05) is 26.3 Å². The zero-order valence-corrected chi connectivity index (χ0v) is 17.9. The summed E-state index contributed by atoms with van der Waals surface area (Å²) in [5.74, 6) is 1.28. The molecule has 0 aliphatic heterocycles. The lowest BCUT2D eigenvalue weighted by Crippen LogP contribution is -2.31. The largest absolute Gasteiger partial charge is 0.491 e. The first-order chi connectivity index (χ1) is 15.7. The lowest BCUT2D eigenvalue weighted by molar-refractivity contribution is 0.104. The number of hydrogen-bond acceptors (Lipinski definition) is 8. The fourth-order valence-electron chi connectivity index (χ4n) is 2.87. The van der Waals surface area contributed by atoms with Crippen LogP contribution in [-0.2, 0) is 13.1 Å². The van der Waals surface area contributed by atoms with E-state index in [0.717, 1.165) is 11.4 Å². The minimum atomic E-state index is -0.636. The van der Waals surface area contributed by atoms with Crippen molar-refractivity contribution in [2.45, 2.75) is 25.3 Å². The topological polar surface area (TPSA) is 109 Å². The predicted molar refractivity (Wildman–Crippen MR) is 121 cm³/mol. The standard InChI is InChI=1S/C24H30N4O4/c29-21(15-25-13-19-5-1-3-11-27-19)17-31-23-7-9-24(10-8-23)32-18-22(30)16-26-14-20-6-2-4-12-28-20/h1-12,21-22,25-26,29-30H,13-18H2. The van der Waals surface area contributed by atoms with Gasteiger partial charge in [-0.1, -0.05) is 12.1 Å². The SMILES string of the molecule is OC(CNCc1ccccn1)COc1ccc(OCC(O)CNCc2ccccn2)cc1. The molecule has 2 aromatic heterocycles. The first-order valence-corrected chi connectivity index (χ1v) is 10.6. The Morgan fingerprint density at radius 1 is 0.656 bits per heavy atom. The molecule has 8 heteroatoms. The van der Waals surface area contributed by atoms with E-state index in [-0.39, 0.29) is 13.2 Å². The highest BCUT2D eigenvalue weighted by Gasteiger charge is 2.07. The lowest BCUT2D eigenvalue weighted by atomic mass is 10.3. The summed E-state index contributed by atoms with van der Waals surface area (Å²) in [7, 11) is 0. The first kappa shape index (κ1) is 23.6. The van der Waals surface area contributed by atoms with Crippen molar-refractivity contribution in [3.8, 4) is 11.5 Å². The molecule has 170 valence electrons. The number of nitrogens with zero attached hydrogens (tertiary/aromatic N) is 2. The molecule has 2 atom stereocenters. The Morgan fingerprint density at radius 3 is 1.47 bits per heavy atom. The molecule has 1 aromatic carbocycles. The third-order valence-electron chi connectivity index (χ3n) is 4.53. The highest BCUT2D eigenvalue weighted by atomic mass is 16.5. The van der Waals surface area contributed by atoms with E-state index in [1.807, 2.05) is 36.4 Å². The average Bonchev–Trinajstić information content (AvgIpc) is 2.83. The Bertz CT molecular complexity index is 807. The molecule has 3 rings (SSSR count). The van der Waals surface area contributed by atoms with Crippen LogP contribution < -0.4 is 20.1 Å². The van der Waals surface area contributed by atoms with Crippen molar-refractivity contribution in [3.63, 3.8) is 0 Å². The molecular weight excluding hydrogens is 408 g/mol. The maximum atomic E-state index is 10.1. The normalized spacial score (nSPS) is 12.8. The zero-order chi connectivity index (χ0) is 22.4. The van der Waals surface area contributed by atoms with Gasteiger partial charge in [0, 0.05) is 38.6 Å². The number of aromatic nitrogens is 2. The number of pyridine rings is 2. The number of aliphatic hydroxyl groups excluding tert-OH is 2. The number of hydrogen-bond donors (Lipinski definition) is 4. The number of rotatable bonds is 14. The van der Waals surface area contributed by atoms with Crippen LogP contribution in [0.25, 0.3) is 0 Å². The Morgan fingerprint density at radius 2 is 1.09 bits per heavy atom. The van der Waals surface area contributed by atoms with E-state index in [9.17, 15) is 10.2 Å². The van der Waals surface area contributed by atoms with Gasteiger partial charge in [-0.25, -0.2) is 0 Å². The van der Waals surface area contributed by atoms with Gasteiger partial charge in [-0.05, 0) is 48.5 Å². The van der Waals surface area contributed by atoms with Gasteiger partial charge in [0.2, 0.25) is 0 Å². The van der Waals surface area contributed by atoms with E-state index < -0.39 is 12.2 Å². The third kappa shape index (κ3) is 8.99. The number of nitrogens with one attached hydrogen (secondary N) is 2. The molecule has 2 heterocycles. The highest BCUT2D eigenvalue weighted by molar-refractivity contribution is 5.31. The molecule has 0 radical (unpaired) electrons. The van der Waals surface area contributed by atoms with Crippen molar-refractivity contribution >= 4 is 0 Å². The Balaban J connectivity index is 1.27. The maximum absolute atomic E-state index is 10.1. The van der Waals surface area contributed by atoms with Crippen LogP contribution in [0.5, 0.6) is 11.5 Å². The van der Waals surface area contributed by atoms with E-state index in [4.69, 9.17) is 9.47 Å². The number of aliphatic hydroxyl groups is 2. The highest BCUT2D eigenvalue weighted by Crippen LogP contribution is 2.18. The van der Waals surface area contributed by atoms with Crippen molar-refractivity contribution in [1.29, 1.82) is 0 Å². The van der Waals surface area contributed by atoms with Crippen molar-refractivity contribution in [1.82, 2.24) is 20.6 Å². The van der Waals surface area contributed by atoms with Gasteiger partial charge < -0.3 is 30.3 Å². The number of ether oxygens (including phenoxy) is 2. The molecule has 0 amide bonds. The monoisotopic (exact) mass is 438 g/mol. The number of benzene rings is 1. The summed E-state index contributed by atoms with van der Waals surface area (Å²) in [5, 5.41) is 26.4. The van der Waals surface area contributed by atoms with Crippen LogP contribution in [0.15, 0.2) is 73.1 Å². The smallest absolute Gasteiger partial charge is 0.119 e. The third-order valence-corrected chi connectivity index (χ3v) is 4.53. The molecule has 4 N–H and O–H groups in total. The molecule has 0 aliphatic rings. The second-order valence-corrected chi connectivity index (χ2v) is 7.31. The summed E-state index contributed by atoms with van der Waals surface area (Å²) in [5.41, 5.74) is 1.84. The summed E-state index contributed by atoms with van der Waals surface area (Å²) in [4.78, 5) is 8.44. The molecule has 0 fully saturated rings. The molecule has 0 saturated heterocycles. The van der Waals surface area contributed by atoms with E-state index in [1.165, 1.54) is 0 Å². The van der Waals surface area contributed by atoms with Crippen LogP contribution >= 0.6 is 0 Å². The summed E-state index contributed by atoms with van der Waals surface area (Å²) in [6, 6.07) is 18.5. The van der Waals surface area contributed by atoms with E-state index in [0.29, 0.717) is 37.7 Å². The van der Waals surface area contributed by atoms with E-state index in [2.05, 4.69) is 20.6 Å². The fraction of sp³-hybridized carbons (Fsp3) is 0.333. The van der Waals surface area contributed by atoms with Gasteiger partial charge in [-0.3, -0.25) is 9.97 Å². The first-order valence-electron chi connectivity index (χ1n) is 10.6. The van der Waals surface area contributed by atoms with Crippen LogP contribution in [0.2, 0.25) is 0 Å². The van der Waals surface area contributed by atoms with Crippen molar-refractivity contribution < 1.29 is 19.7 Å². The van der Waals surface area contributed by atoms with Crippen LogP contribution in [0.3, 0.4) is 0 Å². The summed E-state index contributed by atoms with van der Waals surface area (Å²) >= 11 is 0. The zero-order valence-electron chi connectivity index (χ0n) is 17.9. The van der Waals surface area contributed by atoms with Crippen molar-refractivity contribution in [3.05, 3.63) is 84.4 Å². The second kappa shape index (κ2) is 13.4. The van der Waals surface area contributed by atoms with Gasteiger partial charge in [0.1, 0.15) is 36.9 Å². The molecule has 0 spiro atoms. The van der Waals surface area contributed by atoms with Crippen LogP contribution in [-0.4, -0.2) is 58.7 Å². The van der Waals surface area contributed by atoms with Gasteiger partial charge in [0.15, 0.2) is 0 Å². The Labute approximate surface area is 188 Å². The van der Waals surface area contributed by atoms with E-state index in [1.54, 1.807) is 36.7 Å². The minimum Gasteiger partial charge on any atom is -0.491 e. The van der Waals surface area contributed by atoms with Gasteiger partial charge in [0.25, 0.3) is 0 Å². The Hall–Kier alpha value is -3.04. The molecule has 0 saturated carbocycles. The van der Waals surface area contributed by atoms with Crippen molar-refractivity contribution in [2.24, 2.45) is 0 Å². The lowest BCUT2D eigenvalue weighted by Gasteiger charge is -2.15. The van der Waals surface area contributed by atoms with Gasteiger partial charge in [0.05, 0.1) is 11.4 Å². The van der Waals surface area contributed by atoms with Crippen LogP contribution in [0, 0.1) is 0 Å². The molecular formula is C24H30N4O4. The molecule has 8 nitrogen and oxygen atoms in total. The Kier molecular flexibility index (Phi) is 9.88. The van der Waals surface area contributed by atoms with Crippen LogP contribution in [0.1, 0.15) is 11.4 Å².